The molecule has 1 aromatic carbocycles. The summed E-state index contributed by atoms with van der Waals surface area (Å²) in [7, 11) is 0. The molecule has 1 aliphatic rings. The van der Waals surface area contributed by atoms with E-state index in [1.54, 1.807) is 0 Å². The van der Waals surface area contributed by atoms with Gasteiger partial charge in [0.15, 0.2) is 0 Å². The van der Waals surface area contributed by atoms with Gasteiger partial charge in [0.25, 0.3) is 0 Å². The summed E-state index contributed by atoms with van der Waals surface area (Å²) in [4.78, 5) is 25.0. The van der Waals surface area contributed by atoms with Crippen LogP contribution in [0.1, 0.15) is 24.8 Å². The molecule has 0 bridgehead atoms. The Labute approximate surface area is 118 Å². The van der Waals surface area contributed by atoms with Crippen molar-refractivity contribution in [3.8, 4) is 0 Å². The molecule has 5 nitrogen and oxygen atoms in total. The van der Waals surface area contributed by atoms with E-state index in [1.165, 1.54) is 0 Å². The highest BCUT2D eigenvalue weighted by molar-refractivity contribution is 5.79. The number of rotatable bonds is 4. The first kappa shape index (κ1) is 14.4. The highest BCUT2D eigenvalue weighted by Crippen LogP contribution is 2.18. The Balaban J connectivity index is 1.78. The van der Waals surface area contributed by atoms with Crippen LogP contribution in [-0.2, 0) is 16.0 Å². The van der Waals surface area contributed by atoms with Gasteiger partial charge in [-0.2, -0.15) is 0 Å². The Bertz CT molecular complexity index is 476. The van der Waals surface area contributed by atoms with Gasteiger partial charge in [-0.15, -0.1) is 0 Å². The number of aryl methyl sites for hydroxylation is 1. The Kier molecular flexibility index (Phi) is 4.61. The summed E-state index contributed by atoms with van der Waals surface area (Å²) in [5.74, 6) is -0.181. The summed E-state index contributed by atoms with van der Waals surface area (Å²) in [6.07, 6.45) is 2.58. The molecule has 4 N–H and O–H groups in total. The van der Waals surface area contributed by atoms with E-state index in [1.807, 2.05) is 29.2 Å². The SMILES string of the molecule is NC(=O)C1CCN(C(=O)CCc2ccc(N)cc2)CC1. The zero-order valence-corrected chi connectivity index (χ0v) is 11.5. The van der Waals surface area contributed by atoms with Crippen LogP contribution in [0.4, 0.5) is 5.69 Å². The number of nitrogens with zero attached hydrogens (tertiary/aromatic N) is 1. The molecule has 0 saturated carbocycles. The summed E-state index contributed by atoms with van der Waals surface area (Å²) in [5.41, 5.74) is 12.7. The normalized spacial score (nSPS) is 16.1. The average molecular weight is 275 g/mol. The minimum atomic E-state index is -0.251. The van der Waals surface area contributed by atoms with Gasteiger partial charge in [-0.3, -0.25) is 9.59 Å². The van der Waals surface area contributed by atoms with Gasteiger partial charge in [0.2, 0.25) is 11.8 Å². The van der Waals surface area contributed by atoms with Crippen LogP contribution in [0.5, 0.6) is 0 Å². The molecule has 108 valence electrons. The van der Waals surface area contributed by atoms with Crippen LogP contribution in [0.15, 0.2) is 24.3 Å². The van der Waals surface area contributed by atoms with E-state index in [0.29, 0.717) is 32.4 Å². The minimum Gasteiger partial charge on any atom is -0.399 e. The van der Waals surface area contributed by atoms with E-state index in [0.717, 1.165) is 17.7 Å². The highest BCUT2D eigenvalue weighted by Gasteiger charge is 2.25. The van der Waals surface area contributed by atoms with Crippen molar-refractivity contribution in [3.05, 3.63) is 29.8 Å². The first-order valence-electron chi connectivity index (χ1n) is 6.98. The van der Waals surface area contributed by atoms with Gasteiger partial charge in [-0.1, -0.05) is 12.1 Å². The quantitative estimate of drug-likeness (QED) is 0.801. The molecule has 1 aromatic rings. The van der Waals surface area contributed by atoms with Crippen molar-refractivity contribution in [1.29, 1.82) is 0 Å². The van der Waals surface area contributed by atoms with Crippen molar-refractivity contribution < 1.29 is 9.59 Å². The van der Waals surface area contributed by atoms with Crippen molar-refractivity contribution in [2.24, 2.45) is 11.7 Å². The minimum absolute atomic E-state index is 0.0730. The van der Waals surface area contributed by atoms with Crippen LogP contribution in [-0.4, -0.2) is 29.8 Å². The largest absolute Gasteiger partial charge is 0.399 e. The van der Waals surface area contributed by atoms with Crippen LogP contribution < -0.4 is 11.5 Å². The fourth-order valence-electron chi connectivity index (χ4n) is 2.51. The average Bonchev–Trinajstić information content (AvgIpc) is 2.46. The predicted octanol–water partition coefficient (Wildman–Crippen LogP) is 0.925. The monoisotopic (exact) mass is 275 g/mol. The van der Waals surface area contributed by atoms with Gasteiger partial charge < -0.3 is 16.4 Å². The van der Waals surface area contributed by atoms with E-state index in [4.69, 9.17) is 11.5 Å². The number of nitrogens with two attached hydrogens (primary N) is 2. The molecule has 0 radical (unpaired) electrons. The zero-order chi connectivity index (χ0) is 14.5. The molecular weight excluding hydrogens is 254 g/mol. The molecule has 0 aromatic heterocycles. The van der Waals surface area contributed by atoms with Gasteiger partial charge in [0, 0.05) is 31.1 Å². The number of hydrogen-bond acceptors (Lipinski definition) is 3. The molecule has 1 aliphatic heterocycles. The third-order valence-corrected chi connectivity index (χ3v) is 3.86. The molecular formula is C15H21N3O2. The van der Waals surface area contributed by atoms with E-state index in [2.05, 4.69) is 0 Å². The van der Waals surface area contributed by atoms with E-state index < -0.39 is 0 Å². The van der Waals surface area contributed by atoms with Gasteiger partial charge in [0.05, 0.1) is 0 Å². The van der Waals surface area contributed by atoms with Crippen molar-refractivity contribution in [3.63, 3.8) is 0 Å². The molecule has 1 fully saturated rings. The number of likely N-dealkylation sites (tertiary alicyclic amines) is 1. The Morgan fingerprint density at radius 3 is 2.30 bits per heavy atom. The number of nitrogen functional groups attached to an aromatic ring is 1. The van der Waals surface area contributed by atoms with Crippen molar-refractivity contribution in [2.75, 3.05) is 18.8 Å². The van der Waals surface area contributed by atoms with Gasteiger partial charge in [-0.05, 0) is 37.0 Å². The van der Waals surface area contributed by atoms with E-state index in [9.17, 15) is 9.59 Å². The number of hydrogen-bond donors (Lipinski definition) is 2. The fourth-order valence-corrected chi connectivity index (χ4v) is 2.51. The van der Waals surface area contributed by atoms with Crippen LogP contribution in [0.3, 0.4) is 0 Å². The number of carbonyl (C=O) groups is 2. The molecule has 0 spiro atoms. The van der Waals surface area contributed by atoms with Gasteiger partial charge in [0.1, 0.15) is 0 Å². The third-order valence-electron chi connectivity index (χ3n) is 3.86. The summed E-state index contributed by atoms with van der Waals surface area (Å²) in [5, 5.41) is 0. The Morgan fingerprint density at radius 2 is 1.75 bits per heavy atom. The highest BCUT2D eigenvalue weighted by atomic mass is 16.2. The van der Waals surface area contributed by atoms with Crippen LogP contribution in [0, 0.1) is 5.92 Å². The van der Waals surface area contributed by atoms with E-state index >= 15 is 0 Å². The maximum atomic E-state index is 12.1. The molecule has 2 rings (SSSR count). The van der Waals surface area contributed by atoms with Crippen molar-refractivity contribution >= 4 is 17.5 Å². The summed E-state index contributed by atoms with van der Waals surface area (Å²) < 4.78 is 0. The number of amides is 2. The first-order valence-corrected chi connectivity index (χ1v) is 6.98. The number of primary amides is 1. The Morgan fingerprint density at radius 1 is 1.15 bits per heavy atom. The summed E-state index contributed by atoms with van der Waals surface area (Å²) in [6.45, 7) is 1.27. The summed E-state index contributed by atoms with van der Waals surface area (Å²) in [6, 6.07) is 7.58. The number of anilines is 1. The maximum absolute atomic E-state index is 12.1. The second-order valence-corrected chi connectivity index (χ2v) is 5.30. The first-order chi connectivity index (χ1) is 9.56. The van der Waals surface area contributed by atoms with Crippen molar-refractivity contribution in [1.82, 2.24) is 4.90 Å². The predicted molar refractivity (Wildman–Crippen MR) is 77.7 cm³/mol. The molecule has 5 heteroatoms. The lowest BCUT2D eigenvalue weighted by atomic mass is 9.96. The van der Waals surface area contributed by atoms with Crippen LogP contribution >= 0.6 is 0 Å². The van der Waals surface area contributed by atoms with Crippen LogP contribution in [0.2, 0.25) is 0 Å². The number of piperidine rings is 1. The van der Waals surface area contributed by atoms with Gasteiger partial charge >= 0.3 is 0 Å². The molecule has 0 atom stereocenters. The number of benzene rings is 1. The summed E-state index contributed by atoms with van der Waals surface area (Å²) >= 11 is 0. The van der Waals surface area contributed by atoms with Crippen LogP contribution in [0.25, 0.3) is 0 Å². The second kappa shape index (κ2) is 6.41. The van der Waals surface area contributed by atoms with Gasteiger partial charge in [-0.25, -0.2) is 0 Å². The smallest absolute Gasteiger partial charge is 0.222 e. The lowest BCUT2D eigenvalue weighted by Gasteiger charge is -2.30. The molecule has 1 heterocycles. The topological polar surface area (TPSA) is 89.4 Å². The lowest BCUT2D eigenvalue weighted by molar-refractivity contribution is -0.134. The lowest BCUT2D eigenvalue weighted by Crippen LogP contribution is -2.41. The molecule has 20 heavy (non-hydrogen) atoms. The molecule has 0 aliphatic carbocycles. The standard InChI is InChI=1S/C15H21N3O2/c16-13-4-1-11(2-5-13)3-6-14(19)18-9-7-12(8-10-18)15(17)20/h1-2,4-5,12H,3,6-10,16H2,(H2,17,20). The molecule has 1 saturated heterocycles. The number of carbonyl (C=O) groups excluding carboxylic acids is 2. The molecule has 2 amide bonds. The second-order valence-electron chi connectivity index (χ2n) is 5.30. The molecule has 0 unspecified atom stereocenters. The van der Waals surface area contributed by atoms with Crippen molar-refractivity contribution in [2.45, 2.75) is 25.7 Å². The fraction of sp³-hybridized carbons (Fsp3) is 0.467. The zero-order valence-electron chi connectivity index (χ0n) is 11.5. The Hall–Kier alpha value is -2.04. The van der Waals surface area contributed by atoms with E-state index in [-0.39, 0.29) is 17.7 Å². The third kappa shape index (κ3) is 3.73. The maximum Gasteiger partial charge on any atom is 0.222 e.